The molecule has 0 aromatic heterocycles. The third-order valence-electron chi connectivity index (χ3n) is 10.5. The van der Waals surface area contributed by atoms with Crippen LogP contribution in [0.25, 0.3) is 21.5 Å². The number of rotatable bonds is 5. The van der Waals surface area contributed by atoms with Gasteiger partial charge in [0.2, 0.25) is 17.7 Å². The maximum atomic E-state index is 14.7. The first-order chi connectivity index (χ1) is 26.5. The smallest absolute Gasteiger partial charge is 0.258 e. The highest BCUT2D eigenvalue weighted by Crippen LogP contribution is 2.27. The molecule has 5 aromatic rings. The largest absolute Gasteiger partial charge is 0.491 e. The van der Waals surface area contributed by atoms with Gasteiger partial charge in [0.25, 0.3) is 11.8 Å². The van der Waals surface area contributed by atoms with Crippen molar-refractivity contribution in [2.45, 2.75) is 43.9 Å². The third kappa shape index (κ3) is 8.13. The Morgan fingerprint density at radius 1 is 0.836 bits per heavy atom. The summed E-state index contributed by atoms with van der Waals surface area (Å²) in [5.41, 5.74) is 1.25. The van der Waals surface area contributed by atoms with Crippen molar-refractivity contribution in [3.63, 3.8) is 0 Å². The van der Waals surface area contributed by atoms with Crippen LogP contribution in [0.1, 0.15) is 45.5 Å². The Labute approximate surface area is 318 Å². The molecule has 5 amide bonds. The molecule has 7 rings (SSSR count). The third-order valence-corrected chi connectivity index (χ3v) is 10.5. The van der Waals surface area contributed by atoms with E-state index in [1.165, 1.54) is 36.0 Å². The number of carbonyl (C=O) groups excluding carboxylic acids is 5. The van der Waals surface area contributed by atoms with Crippen LogP contribution in [0.2, 0.25) is 0 Å². The van der Waals surface area contributed by atoms with E-state index >= 15 is 0 Å². The van der Waals surface area contributed by atoms with Crippen LogP contribution < -0.4 is 15.4 Å². The van der Waals surface area contributed by atoms with Crippen LogP contribution in [0.3, 0.4) is 0 Å². The van der Waals surface area contributed by atoms with E-state index in [1.54, 1.807) is 11.0 Å². The number of hydrogen-bond acceptors (Lipinski definition) is 6. The van der Waals surface area contributed by atoms with Gasteiger partial charge in [-0.1, -0.05) is 72.8 Å². The SMILES string of the molecule is CN1CC(=O)N2C[C@@H](NC(=O)c3cccc4ccccc34)C[C@H]2COc2ccc(F)cc2C(=O)N(C)[C@@H](C(=O)NCc2ccc3ccccc3c2)CCC1=O. The molecular formula is C43H42FN5O6. The highest BCUT2D eigenvalue weighted by Gasteiger charge is 2.38. The molecular weight excluding hydrogens is 701 g/mol. The Kier molecular flexibility index (Phi) is 10.8. The maximum Gasteiger partial charge on any atom is 0.258 e. The minimum atomic E-state index is -1.10. The van der Waals surface area contributed by atoms with Gasteiger partial charge in [0.05, 0.1) is 18.2 Å². The molecule has 0 bridgehead atoms. The molecule has 0 unspecified atom stereocenters. The number of ether oxygens (including phenoxy) is 1. The average Bonchev–Trinajstić information content (AvgIpc) is 3.60. The molecule has 2 aliphatic rings. The Balaban J connectivity index is 1.12. The Bertz CT molecular complexity index is 2290. The zero-order valence-electron chi connectivity index (χ0n) is 30.7. The lowest BCUT2D eigenvalue weighted by molar-refractivity contribution is -0.140. The number of nitrogens with zero attached hydrogens (tertiary/aromatic N) is 3. The molecule has 0 aliphatic carbocycles. The normalized spacial score (nSPS) is 19.7. The summed E-state index contributed by atoms with van der Waals surface area (Å²) in [4.78, 5) is 72.8. The summed E-state index contributed by atoms with van der Waals surface area (Å²) in [6.07, 6.45) is 0.141. The van der Waals surface area contributed by atoms with E-state index in [0.29, 0.717) is 12.0 Å². The lowest BCUT2D eigenvalue weighted by Gasteiger charge is -2.28. The van der Waals surface area contributed by atoms with Gasteiger partial charge in [0.15, 0.2) is 0 Å². The van der Waals surface area contributed by atoms with Crippen LogP contribution in [0.4, 0.5) is 4.39 Å². The number of likely N-dealkylation sites (N-methyl/N-ethyl adjacent to an activating group) is 2. The van der Waals surface area contributed by atoms with Crippen molar-refractivity contribution in [2.75, 3.05) is 33.8 Å². The van der Waals surface area contributed by atoms with Gasteiger partial charge in [-0.05, 0) is 70.3 Å². The van der Waals surface area contributed by atoms with Gasteiger partial charge < -0.3 is 30.1 Å². The van der Waals surface area contributed by atoms with E-state index in [-0.39, 0.29) is 62.2 Å². The number of benzene rings is 5. The molecule has 55 heavy (non-hydrogen) atoms. The fraction of sp³-hybridized carbons (Fsp3) is 0.279. The van der Waals surface area contributed by atoms with Gasteiger partial charge in [-0.15, -0.1) is 0 Å². The van der Waals surface area contributed by atoms with E-state index in [4.69, 9.17) is 4.74 Å². The van der Waals surface area contributed by atoms with Crippen molar-refractivity contribution in [1.82, 2.24) is 25.3 Å². The molecule has 282 valence electrons. The fourth-order valence-corrected chi connectivity index (χ4v) is 7.47. The minimum absolute atomic E-state index is 0.0523. The Morgan fingerprint density at radius 2 is 1.58 bits per heavy atom. The number of carbonyl (C=O) groups is 5. The monoisotopic (exact) mass is 743 g/mol. The van der Waals surface area contributed by atoms with Gasteiger partial charge >= 0.3 is 0 Å². The van der Waals surface area contributed by atoms with Crippen LogP contribution in [0, 0.1) is 5.82 Å². The summed E-state index contributed by atoms with van der Waals surface area (Å²) < 4.78 is 20.9. The number of halogens is 1. The molecule has 3 atom stereocenters. The zero-order valence-corrected chi connectivity index (χ0v) is 30.7. The standard InChI is InChI=1S/C43H42FN5O6/c1-47-25-40(51)49-24-32(46-41(52)35-13-7-11-29-9-5-6-12-34(29)35)22-33(49)26-55-38-18-16-31(44)21-36(38)43(54)48(2)37(17-19-39(47)50)42(53)45-23-27-14-15-28-8-3-4-10-30(28)20-27/h3-16,18,20-21,32-33,37H,17,19,22-26H2,1-2H3,(H,45,53)(H,46,52)/t32-,33-,37+/m0/s1. The summed E-state index contributed by atoms with van der Waals surface area (Å²) in [6, 6.07) is 28.3. The minimum Gasteiger partial charge on any atom is -0.491 e. The van der Waals surface area contributed by atoms with Crippen molar-refractivity contribution in [3.8, 4) is 5.75 Å². The second-order valence-electron chi connectivity index (χ2n) is 14.2. The van der Waals surface area contributed by atoms with Crippen LogP contribution in [-0.4, -0.2) is 96.2 Å². The first kappa shape index (κ1) is 37.0. The zero-order chi connectivity index (χ0) is 38.6. The predicted octanol–water partition coefficient (Wildman–Crippen LogP) is 4.92. The molecule has 0 saturated carbocycles. The van der Waals surface area contributed by atoms with E-state index in [1.807, 2.05) is 78.9 Å². The first-order valence-corrected chi connectivity index (χ1v) is 18.3. The van der Waals surface area contributed by atoms with E-state index < -0.39 is 41.7 Å². The molecule has 2 heterocycles. The van der Waals surface area contributed by atoms with Crippen molar-refractivity contribution in [2.24, 2.45) is 0 Å². The van der Waals surface area contributed by atoms with Crippen LogP contribution in [0.5, 0.6) is 5.75 Å². The average molecular weight is 744 g/mol. The molecule has 12 heteroatoms. The molecule has 1 fully saturated rings. The number of amides is 5. The Morgan fingerprint density at radius 3 is 2.40 bits per heavy atom. The van der Waals surface area contributed by atoms with Crippen molar-refractivity contribution < 1.29 is 33.1 Å². The quantitative estimate of drug-likeness (QED) is 0.263. The van der Waals surface area contributed by atoms with Crippen molar-refractivity contribution >= 4 is 51.1 Å². The van der Waals surface area contributed by atoms with Gasteiger partial charge in [-0.2, -0.15) is 0 Å². The molecule has 0 radical (unpaired) electrons. The second-order valence-corrected chi connectivity index (χ2v) is 14.2. The fourth-order valence-electron chi connectivity index (χ4n) is 7.47. The van der Waals surface area contributed by atoms with Gasteiger partial charge in [0.1, 0.15) is 24.2 Å². The second kappa shape index (κ2) is 16.0. The lowest BCUT2D eigenvalue weighted by Crippen LogP contribution is -2.48. The van der Waals surface area contributed by atoms with Crippen molar-refractivity contribution in [3.05, 3.63) is 126 Å². The van der Waals surface area contributed by atoms with Crippen molar-refractivity contribution in [1.29, 1.82) is 0 Å². The lowest BCUT2D eigenvalue weighted by atomic mass is 10.0. The maximum absolute atomic E-state index is 14.7. The molecule has 11 nitrogen and oxygen atoms in total. The topological polar surface area (TPSA) is 128 Å². The van der Waals surface area contributed by atoms with E-state index in [0.717, 1.165) is 33.2 Å². The number of hydrogen-bond donors (Lipinski definition) is 2. The van der Waals surface area contributed by atoms with Crippen LogP contribution in [0.15, 0.2) is 103 Å². The van der Waals surface area contributed by atoms with Crippen LogP contribution >= 0.6 is 0 Å². The molecule has 2 N–H and O–H groups in total. The highest BCUT2D eigenvalue weighted by molar-refractivity contribution is 6.07. The number of nitrogens with one attached hydrogen (secondary N) is 2. The predicted molar refractivity (Wildman–Crippen MR) is 206 cm³/mol. The summed E-state index contributed by atoms with van der Waals surface area (Å²) >= 11 is 0. The summed E-state index contributed by atoms with van der Waals surface area (Å²) in [5.74, 6) is -2.78. The molecule has 0 spiro atoms. The Hall–Kier alpha value is -6.30. The molecule has 5 aromatic carbocycles. The first-order valence-electron chi connectivity index (χ1n) is 18.3. The highest BCUT2D eigenvalue weighted by atomic mass is 19.1. The summed E-state index contributed by atoms with van der Waals surface area (Å²) in [5, 5.41) is 9.78. The molecule has 1 saturated heterocycles. The van der Waals surface area contributed by atoms with Gasteiger partial charge in [-0.25, -0.2) is 4.39 Å². The molecule has 2 aliphatic heterocycles. The van der Waals surface area contributed by atoms with Crippen LogP contribution in [-0.2, 0) is 20.9 Å². The van der Waals surface area contributed by atoms with E-state index in [2.05, 4.69) is 10.6 Å². The van der Waals surface area contributed by atoms with Gasteiger partial charge in [0, 0.05) is 45.2 Å². The summed E-state index contributed by atoms with van der Waals surface area (Å²) in [6.45, 7) is 0.0341. The van der Waals surface area contributed by atoms with E-state index in [9.17, 15) is 28.4 Å². The van der Waals surface area contributed by atoms with Gasteiger partial charge in [-0.3, -0.25) is 24.0 Å². The number of fused-ring (bicyclic) bond motifs is 4. The summed E-state index contributed by atoms with van der Waals surface area (Å²) in [7, 11) is 2.96.